The van der Waals surface area contributed by atoms with Crippen LogP contribution in [0, 0.1) is 0 Å². The van der Waals surface area contributed by atoms with E-state index in [9.17, 15) is 0 Å². The third-order valence-corrected chi connectivity index (χ3v) is 0. The summed E-state index contributed by atoms with van der Waals surface area (Å²) in [7, 11) is -4.64. The van der Waals surface area contributed by atoms with Crippen LogP contribution >= 0.6 is 7.82 Å². The molecule has 0 aromatic carbocycles. The van der Waals surface area contributed by atoms with Crippen molar-refractivity contribution < 1.29 is 19.2 Å². The molecule has 3 N–H and O–H groups in total. The molecule has 0 saturated heterocycles. The quantitative estimate of drug-likeness (QED) is 0.301. The molecule has 4 nitrogen and oxygen atoms in total. The molecule has 0 aliphatic carbocycles. The van der Waals surface area contributed by atoms with Crippen LogP contribution in [0.1, 0.15) is 0 Å². The Balaban J connectivity index is -0.0000000800. The predicted molar refractivity (Wildman–Crippen MR) is 31.4 cm³/mol. The van der Waals surface area contributed by atoms with Crippen LogP contribution in [-0.4, -0.2) is 83.2 Å². The monoisotopic (exact) mass is 214 g/mol. The van der Waals surface area contributed by atoms with E-state index in [1.165, 1.54) is 0 Å². The molecule has 0 fully saturated rings. The van der Waals surface area contributed by atoms with Crippen molar-refractivity contribution >= 4 is 76.4 Å². The minimum absolute atomic E-state index is 0. The topological polar surface area (TPSA) is 77.8 Å². The van der Waals surface area contributed by atoms with Gasteiger partial charge in [0.15, 0.2) is 0 Å². The van der Waals surface area contributed by atoms with Gasteiger partial charge in [0.1, 0.15) is 0 Å². The summed E-state index contributed by atoms with van der Waals surface area (Å²) >= 11 is 0. The van der Waals surface area contributed by atoms with Crippen molar-refractivity contribution in [2.75, 3.05) is 0 Å². The Hall–Kier alpha value is 2.36. The van der Waals surface area contributed by atoms with Gasteiger partial charge in [0, 0.05) is 0 Å². The standard InChI is InChI=1S/Mg.H3O4P.Sr.4H/c;1-5(2,3)4;;;;;/h;(H3,1,2,3,4);;;;;. The fourth-order valence-corrected chi connectivity index (χ4v) is 0. The summed E-state index contributed by atoms with van der Waals surface area (Å²) in [6, 6.07) is 0. The Morgan fingerprint density at radius 2 is 1.14 bits per heavy atom. The molecule has 7 heteroatoms. The van der Waals surface area contributed by atoms with Crippen molar-refractivity contribution in [2.24, 2.45) is 0 Å². The molecule has 40 valence electrons. The molecule has 0 amide bonds. The van der Waals surface area contributed by atoms with Crippen molar-refractivity contribution in [3.05, 3.63) is 0 Å². The van der Waals surface area contributed by atoms with E-state index in [1.807, 2.05) is 0 Å². The Kier molecular flexibility index (Phi) is 15.0. The second-order valence-corrected chi connectivity index (χ2v) is 1.54. The van der Waals surface area contributed by atoms with Gasteiger partial charge in [0.05, 0.1) is 0 Å². The van der Waals surface area contributed by atoms with Crippen molar-refractivity contribution in [1.82, 2.24) is 0 Å². The Labute approximate surface area is 94.0 Å². The molecule has 0 aliphatic heterocycles. The van der Waals surface area contributed by atoms with E-state index < -0.39 is 7.82 Å². The molecule has 0 aromatic rings. The van der Waals surface area contributed by atoms with Gasteiger partial charge in [-0.2, -0.15) is 0 Å². The SMILES string of the molecule is O=P(O)(O)O.[MgH2].[SrH2]. The van der Waals surface area contributed by atoms with Gasteiger partial charge in [-0.25, -0.2) is 4.57 Å². The maximum absolute atomic E-state index is 8.88. The first kappa shape index (κ1) is 16.2. The first-order chi connectivity index (χ1) is 2.00. The average Bonchev–Trinajstić information content (AvgIpc) is 0.722. The van der Waals surface area contributed by atoms with Crippen molar-refractivity contribution in [3.8, 4) is 0 Å². The van der Waals surface area contributed by atoms with E-state index in [2.05, 4.69) is 0 Å². The zero-order valence-electron chi connectivity index (χ0n) is 2.20. The van der Waals surface area contributed by atoms with Crippen LogP contribution in [0.5, 0.6) is 0 Å². The molecule has 0 saturated carbocycles. The molecule has 7 heavy (non-hydrogen) atoms. The second kappa shape index (κ2) is 6.48. The van der Waals surface area contributed by atoms with Gasteiger partial charge in [-0.15, -0.1) is 0 Å². The molecular weight excluding hydrogens is 207 g/mol. The van der Waals surface area contributed by atoms with Crippen LogP contribution in [0.25, 0.3) is 0 Å². The van der Waals surface area contributed by atoms with Crippen LogP contribution in [-0.2, 0) is 4.57 Å². The number of rotatable bonds is 0. The second-order valence-electron chi connectivity index (χ2n) is 0.513. The maximum atomic E-state index is 8.88. The van der Waals surface area contributed by atoms with Gasteiger partial charge in [0.25, 0.3) is 0 Å². The summed E-state index contributed by atoms with van der Waals surface area (Å²) in [5.41, 5.74) is 0. The number of phosphoric acid groups is 1. The third kappa shape index (κ3) is 60.8. The molecule has 0 spiro atoms. The van der Waals surface area contributed by atoms with Gasteiger partial charge >= 0.3 is 76.4 Å². The third-order valence-electron chi connectivity index (χ3n) is 0. The first-order valence-electron chi connectivity index (χ1n) is 0.783. The average molecular weight is 214 g/mol. The Morgan fingerprint density at radius 3 is 1.14 bits per heavy atom. The molecule has 0 atom stereocenters. The van der Waals surface area contributed by atoms with Crippen molar-refractivity contribution in [2.45, 2.75) is 0 Å². The zero-order valence-corrected chi connectivity index (χ0v) is 3.09. The molecule has 0 aromatic heterocycles. The van der Waals surface area contributed by atoms with E-state index in [1.54, 1.807) is 0 Å². The van der Waals surface area contributed by atoms with Crippen LogP contribution in [0.3, 0.4) is 0 Å². The Bertz CT molecular complexity index is 57.8. The molecule has 0 rings (SSSR count). The number of hydrogen-bond donors (Lipinski definition) is 3. The summed E-state index contributed by atoms with van der Waals surface area (Å²) < 4.78 is 8.88. The zero-order chi connectivity index (χ0) is 4.50. The van der Waals surface area contributed by atoms with Crippen LogP contribution in [0.4, 0.5) is 0 Å². The normalized spacial score (nSPS) is 8.43. The molecule has 0 heterocycles. The van der Waals surface area contributed by atoms with Gasteiger partial charge in [-0.3, -0.25) is 0 Å². The van der Waals surface area contributed by atoms with Crippen LogP contribution < -0.4 is 0 Å². The van der Waals surface area contributed by atoms with E-state index >= 15 is 0 Å². The van der Waals surface area contributed by atoms with Crippen molar-refractivity contribution in [3.63, 3.8) is 0 Å². The van der Waals surface area contributed by atoms with Gasteiger partial charge < -0.3 is 14.7 Å². The van der Waals surface area contributed by atoms with Crippen LogP contribution in [0.15, 0.2) is 0 Å². The van der Waals surface area contributed by atoms with Crippen molar-refractivity contribution in [1.29, 1.82) is 0 Å². The molecule has 0 bridgehead atoms. The fourth-order valence-electron chi connectivity index (χ4n) is 0. The number of hydrogen-bond acceptors (Lipinski definition) is 1. The summed E-state index contributed by atoms with van der Waals surface area (Å²) in [5.74, 6) is 0. The van der Waals surface area contributed by atoms with Crippen LogP contribution in [0.2, 0.25) is 0 Å². The van der Waals surface area contributed by atoms with Gasteiger partial charge in [0.2, 0.25) is 0 Å². The van der Waals surface area contributed by atoms with E-state index in [4.69, 9.17) is 19.2 Å². The summed E-state index contributed by atoms with van der Waals surface area (Å²) in [6.45, 7) is 0. The minimum atomic E-state index is -4.64. The summed E-state index contributed by atoms with van der Waals surface area (Å²) in [4.78, 5) is 21.6. The molecule has 0 radical (unpaired) electrons. The molecule has 0 unspecified atom stereocenters. The van der Waals surface area contributed by atoms with E-state index in [-0.39, 0.29) is 68.5 Å². The summed E-state index contributed by atoms with van der Waals surface area (Å²) in [5, 5.41) is 0. The first-order valence-corrected chi connectivity index (χ1v) is 2.35. The summed E-state index contributed by atoms with van der Waals surface area (Å²) in [6.07, 6.45) is 0. The van der Waals surface area contributed by atoms with Gasteiger partial charge in [-0.1, -0.05) is 0 Å². The van der Waals surface area contributed by atoms with Gasteiger partial charge in [-0.05, 0) is 0 Å². The van der Waals surface area contributed by atoms with E-state index in [0.29, 0.717) is 0 Å². The predicted octanol–water partition coefficient (Wildman–Crippen LogP) is -2.76. The fraction of sp³-hybridized carbons (Fsp3) is 0. The van der Waals surface area contributed by atoms with E-state index in [0.717, 1.165) is 0 Å². The molecule has 0 aliphatic rings. The Morgan fingerprint density at radius 1 is 1.14 bits per heavy atom. The molecular formula is H7MgO4PSr.